The van der Waals surface area contributed by atoms with Crippen molar-refractivity contribution in [3.63, 3.8) is 0 Å². The Morgan fingerprint density at radius 3 is 2.05 bits per heavy atom. The van der Waals surface area contributed by atoms with Gasteiger partial charge in [0, 0.05) is 0 Å². The van der Waals surface area contributed by atoms with Crippen LogP contribution in [-0.4, -0.2) is 5.11 Å². The monoisotopic (exact) mass is 262 g/mol. The maximum atomic E-state index is 9.85. The van der Waals surface area contributed by atoms with Crippen molar-refractivity contribution in [2.75, 3.05) is 0 Å². The maximum absolute atomic E-state index is 9.85. The third kappa shape index (κ3) is 4.56. The molecular weight excluding hydrogens is 232 g/mol. The van der Waals surface area contributed by atoms with Gasteiger partial charge in [0.2, 0.25) is 0 Å². The van der Waals surface area contributed by atoms with Crippen molar-refractivity contribution in [3.05, 3.63) is 29.3 Å². The fraction of sp³-hybridized carbons (Fsp3) is 0.667. The number of phenolic OH excluding ortho intramolecular Hbond substituents is 1. The minimum absolute atomic E-state index is 0.231. The van der Waals surface area contributed by atoms with E-state index in [2.05, 4.69) is 60.6 Å². The molecule has 0 bridgehead atoms. The van der Waals surface area contributed by atoms with Gasteiger partial charge in [0.15, 0.2) is 0 Å². The summed E-state index contributed by atoms with van der Waals surface area (Å²) in [7, 11) is 0. The summed E-state index contributed by atoms with van der Waals surface area (Å²) in [4.78, 5) is 0. The van der Waals surface area contributed by atoms with Crippen LogP contribution in [0, 0.1) is 10.8 Å². The lowest BCUT2D eigenvalue weighted by molar-refractivity contribution is 0.229. The van der Waals surface area contributed by atoms with Gasteiger partial charge in [0.05, 0.1) is 0 Å². The summed E-state index contributed by atoms with van der Waals surface area (Å²) in [6.07, 6.45) is 2.04. The molecule has 1 heteroatoms. The maximum Gasteiger partial charge on any atom is 0.118 e. The molecule has 0 aromatic heterocycles. The molecular formula is C18H30O. The van der Waals surface area contributed by atoms with Crippen LogP contribution in [0.2, 0.25) is 0 Å². The van der Waals surface area contributed by atoms with Gasteiger partial charge in [-0.15, -0.1) is 0 Å². The SMILES string of the molecule is CCc1cc(C(CC(C)(C)C)C(C)(C)C)ccc1O. The van der Waals surface area contributed by atoms with Crippen LogP contribution in [0.3, 0.4) is 0 Å². The molecule has 1 nitrogen and oxygen atoms in total. The Bertz CT molecular complexity index is 418. The fourth-order valence-electron chi connectivity index (χ4n) is 2.64. The minimum Gasteiger partial charge on any atom is -0.508 e. The van der Waals surface area contributed by atoms with Gasteiger partial charge >= 0.3 is 0 Å². The zero-order chi connectivity index (χ0) is 14.8. The molecule has 19 heavy (non-hydrogen) atoms. The quantitative estimate of drug-likeness (QED) is 0.760. The van der Waals surface area contributed by atoms with E-state index in [9.17, 15) is 5.11 Å². The molecule has 1 atom stereocenters. The lowest BCUT2D eigenvalue weighted by Gasteiger charge is -2.36. The van der Waals surface area contributed by atoms with E-state index >= 15 is 0 Å². The summed E-state index contributed by atoms with van der Waals surface area (Å²) >= 11 is 0. The molecule has 1 N–H and O–H groups in total. The van der Waals surface area contributed by atoms with Crippen molar-refractivity contribution in [1.82, 2.24) is 0 Å². The molecule has 0 saturated heterocycles. The first kappa shape index (κ1) is 16.1. The summed E-state index contributed by atoms with van der Waals surface area (Å²) in [6, 6.07) is 6.14. The Labute approximate surface area is 119 Å². The highest BCUT2D eigenvalue weighted by Gasteiger charge is 2.30. The van der Waals surface area contributed by atoms with E-state index in [1.54, 1.807) is 0 Å². The van der Waals surface area contributed by atoms with Crippen LogP contribution in [0.4, 0.5) is 0 Å². The second-order valence-corrected chi connectivity index (χ2v) is 7.93. The first-order valence-corrected chi connectivity index (χ1v) is 7.36. The van der Waals surface area contributed by atoms with Gasteiger partial charge in [0.25, 0.3) is 0 Å². The number of rotatable bonds is 3. The number of phenols is 1. The summed E-state index contributed by atoms with van der Waals surface area (Å²) in [5.74, 6) is 0.938. The lowest BCUT2D eigenvalue weighted by Crippen LogP contribution is -2.23. The van der Waals surface area contributed by atoms with Crippen LogP contribution in [0.5, 0.6) is 5.75 Å². The highest BCUT2D eigenvalue weighted by atomic mass is 16.3. The molecule has 0 saturated carbocycles. The average Bonchev–Trinajstić information content (AvgIpc) is 2.24. The van der Waals surface area contributed by atoms with Gasteiger partial charge in [0.1, 0.15) is 5.75 Å². The molecule has 0 heterocycles. The number of hydrogen-bond acceptors (Lipinski definition) is 1. The molecule has 0 fully saturated rings. The Kier molecular flexibility index (Phi) is 4.71. The Morgan fingerprint density at radius 1 is 1.05 bits per heavy atom. The van der Waals surface area contributed by atoms with Crippen molar-refractivity contribution in [2.24, 2.45) is 10.8 Å². The standard InChI is InChI=1S/C18H30O/c1-8-13-11-14(9-10-16(13)19)15(18(5,6)7)12-17(2,3)4/h9-11,15,19H,8,12H2,1-7H3. The lowest BCUT2D eigenvalue weighted by atomic mass is 9.69. The van der Waals surface area contributed by atoms with E-state index in [1.807, 2.05) is 6.07 Å². The topological polar surface area (TPSA) is 20.2 Å². The van der Waals surface area contributed by atoms with Crippen LogP contribution >= 0.6 is 0 Å². The van der Waals surface area contributed by atoms with E-state index in [0.717, 1.165) is 18.4 Å². The summed E-state index contributed by atoms with van der Waals surface area (Å²) in [6.45, 7) is 15.9. The largest absolute Gasteiger partial charge is 0.508 e. The molecule has 0 aliphatic rings. The molecule has 0 aliphatic carbocycles. The zero-order valence-electron chi connectivity index (χ0n) is 13.7. The zero-order valence-corrected chi connectivity index (χ0v) is 13.7. The van der Waals surface area contributed by atoms with Crippen molar-refractivity contribution < 1.29 is 5.11 Å². The molecule has 1 unspecified atom stereocenters. The van der Waals surface area contributed by atoms with E-state index in [-0.39, 0.29) is 5.41 Å². The average molecular weight is 262 g/mol. The third-order valence-corrected chi connectivity index (χ3v) is 3.75. The Hall–Kier alpha value is -0.980. The smallest absolute Gasteiger partial charge is 0.118 e. The van der Waals surface area contributed by atoms with Crippen molar-refractivity contribution in [3.8, 4) is 5.75 Å². The number of aryl methyl sites for hydroxylation is 1. The summed E-state index contributed by atoms with van der Waals surface area (Å²) < 4.78 is 0. The molecule has 0 amide bonds. The van der Waals surface area contributed by atoms with E-state index in [1.165, 1.54) is 5.56 Å². The van der Waals surface area contributed by atoms with Gasteiger partial charge in [-0.25, -0.2) is 0 Å². The molecule has 1 aromatic rings. The van der Waals surface area contributed by atoms with E-state index < -0.39 is 0 Å². The minimum atomic E-state index is 0.231. The van der Waals surface area contributed by atoms with Crippen LogP contribution in [-0.2, 0) is 6.42 Å². The second-order valence-electron chi connectivity index (χ2n) is 7.93. The summed E-state index contributed by atoms with van der Waals surface area (Å²) in [5.41, 5.74) is 2.95. The van der Waals surface area contributed by atoms with Gasteiger partial charge in [-0.3, -0.25) is 0 Å². The van der Waals surface area contributed by atoms with Crippen molar-refractivity contribution >= 4 is 0 Å². The van der Waals surface area contributed by atoms with E-state index in [4.69, 9.17) is 0 Å². The second kappa shape index (κ2) is 5.56. The van der Waals surface area contributed by atoms with Crippen molar-refractivity contribution in [1.29, 1.82) is 0 Å². The third-order valence-electron chi connectivity index (χ3n) is 3.75. The van der Waals surface area contributed by atoms with Crippen LogP contribution in [0.15, 0.2) is 18.2 Å². The first-order valence-electron chi connectivity index (χ1n) is 7.36. The fourth-order valence-corrected chi connectivity index (χ4v) is 2.64. The highest BCUT2D eigenvalue weighted by molar-refractivity contribution is 5.38. The van der Waals surface area contributed by atoms with Crippen LogP contribution in [0.25, 0.3) is 0 Å². The predicted molar refractivity (Wildman–Crippen MR) is 83.8 cm³/mol. The van der Waals surface area contributed by atoms with Crippen LogP contribution < -0.4 is 0 Å². The number of aromatic hydroxyl groups is 1. The molecule has 0 radical (unpaired) electrons. The van der Waals surface area contributed by atoms with Crippen LogP contribution in [0.1, 0.15) is 71.9 Å². The van der Waals surface area contributed by atoms with Gasteiger partial charge in [-0.05, 0) is 46.8 Å². The molecule has 1 aromatic carbocycles. The number of benzene rings is 1. The van der Waals surface area contributed by atoms with E-state index in [0.29, 0.717) is 17.1 Å². The predicted octanol–water partition coefficient (Wildman–Crippen LogP) is 5.52. The number of hydrogen-bond donors (Lipinski definition) is 1. The van der Waals surface area contributed by atoms with Crippen molar-refractivity contribution in [2.45, 2.75) is 67.2 Å². The van der Waals surface area contributed by atoms with Gasteiger partial charge in [-0.2, -0.15) is 0 Å². The van der Waals surface area contributed by atoms with Gasteiger partial charge in [-0.1, -0.05) is 60.6 Å². The molecule has 108 valence electrons. The molecule has 1 rings (SSSR count). The highest BCUT2D eigenvalue weighted by Crippen LogP contribution is 2.43. The first-order chi connectivity index (χ1) is 8.54. The Morgan fingerprint density at radius 2 is 1.63 bits per heavy atom. The summed E-state index contributed by atoms with van der Waals surface area (Å²) in [5, 5.41) is 9.85. The normalized spacial score (nSPS) is 14.5. The van der Waals surface area contributed by atoms with Gasteiger partial charge < -0.3 is 5.11 Å². The Balaban J connectivity index is 3.18. The molecule has 0 spiro atoms. The molecule has 0 aliphatic heterocycles.